The van der Waals surface area contributed by atoms with Crippen molar-refractivity contribution in [3.63, 3.8) is 0 Å². The molecule has 0 aromatic carbocycles. The van der Waals surface area contributed by atoms with E-state index in [0.717, 1.165) is 32.5 Å². The molecule has 2 N–H and O–H groups in total. The van der Waals surface area contributed by atoms with Gasteiger partial charge < -0.3 is 24.7 Å². The van der Waals surface area contributed by atoms with Gasteiger partial charge in [-0.2, -0.15) is 15.0 Å². The van der Waals surface area contributed by atoms with Gasteiger partial charge in [0.05, 0.1) is 40.1 Å². The second-order valence-electron chi connectivity index (χ2n) is 6.32. The van der Waals surface area contributed by atoms with E-state index < -0.39 is 0 Å². The number of hydrogen-bond acceptors (Lipinski definition) is 8. The van der Waals surface area contributed by atoms with E-state index in [9.17, 15) is 0 Å². The molecule has 1 aliphatic heterocycles. The highest BCUT2D eigenvalue weighted by Gasteiger charge is 2.19. The highest BCUT2D eigenvalue weighted by atomic mass is 16.5. The molecule has 1 saturated heterocycles. The Morgan fingerprint density at radius 2 is 2.15 bits per heavy atom. The van der Waals surface area contributed by atoms with E-state index in [4.69, 9.17) is 24.7 Å². The summed E-state index contributed by atoms with van der Waals surface area (Å²) in [5.41, 5.74) is 7.13. The van der Waals surface area contributed by atoms with Gasteiger partial charge in [0.1, 0.15) is 0 Å². The zero-order valence-electron chi connectivity index (χ0n) is 15.4. The maximum Gasteiger partial charge on any atom is 0.320 e. The van der Waals surface area contributed by atoms with Gasteiger partial charge in [-0.3, -0.25) is 4.57 Å². The number of fused-ring (bicyclic) bond motifs is 1. The van der Waals surface area contributed by atoms with Gasteiger partial charge in [-0.05, 0) is 12.8 Å². The van der Waals surface area contributed by atoms with Gasteiger partial charge in [-0.1, -0.05) is 13.3 Å². The van der Waals surface area contributed by atoms with Crippen molar-refractivity contribution < 1.29 is 18.9 Å². The van der Waals surface area contributed by atoms with Gasteiger partial charge in [-0.15, -0.1) is 0 Å². The highest BCUT2D eigenvalue weighted by Crippen LogP contribution is 2.25. The van der Waals surface area contributed by atoms with Crippen molar-refractivity contribution in [2.75, 3.05) is 45.9 Å². The van der Waals surface area contributed by atoms with Crippen LogP contribution in [0.2, 0.25) is 0 Å². The maximum atomic E-state index is 6.03. The molecule has 2 aromatic rings. The van der Waals surface area contributed by atoms with Crippen molar-refractivity contribution in [2.45, 2.75) is 32.7 Å². The normalized spacial score (nSPS) is 17.1. The van der Waals surface area contributed by atoms with Crippen LogP contribution >= 0.6 is 0 Å². The highest BCUT2D eigenvalue weighted by molar-refractivity contribution is 5.83. The van der Waals surface area contributed by atoms with Gasteiger partial charge in [-0.25, -0.2) is 0 Å². The minimum atomic E-state index is 0.260. The van der Waals surface area contributed by atoms with Crippen LogP contribution in [0.25, 0.3) is 11.2 Å². The van der Waals surface area contributed by atoms with E-state index in [0.29, 0.717) is 49.5 Å². The Hall–Kier alpha value is -2.13. The number of hydrogen-bond donors (Lipinski definition) is 1. The lowest BCUT2D eigenvalue weighted by Gasteiger charge is -2.11. The molecule has 0 spiro atoms. The summed E-state index contributed by atoms with van der Waals surface area (Å²) in [5.74, 6) is 0.760. The molecular formula is C17H27N5O4. The Morgan fingerprint density at radius 1 is 1.27 bits per heavy atom. The largest absolute Gasteiger partial charge is 0.468 e. The average Bonchev–Trinajstić information content (AvgIpc) is 3.27. The zero-order valence-corrected chi connectivity index (χ0v) is 15.4. The lowest BCUT2D eigenvalue weighted by Crippen LogP contribution is -2.14. The van der Waals surface area contributed by atoms with Crippen LogP contribution in [-0.2, 0) is 16.0 Å². The van der Waals surface area contributed by atoms with E-state index in [2.05, 4.69) is 21.9 Å². The molecule has 9 heteroatoms. The first-order valence-corrected chi connectivity index (χ1v) is 9.09. The van der Waals surface area contributed by atoms with E-state index in [-0.39, 0.29) is 11.8 Å². The van der Waals surface area contributed by atoms with Crippen LogP contribution in [0.15, 0.2) is 0 Å². The molecule has 1 aliphatic rings. The maximum absolute atomic E-state index is 6.03. The number of aromatic nitrogens is 4. The summed E-state index contributed by atoms with van der Waals surface area (Å²) in [4.78, 5) is 13.0. The number of nitrogens with two attached hydrogens (primary N) is 1. The second kappa shape index (κ2) is 9.00. The van der Waals surface area contributed by atoms with Gasteiger partial charge in [0.15, 0.2) is 17.0 Å². The van der Waals surface area contributed by atoms with Crippen molar-refractivity contribution in [3.8, 4) is 12.0 Å². The molecule has 9 nitrogen and oxygen atoms in total. The predicted octanol–water partition coefficient (Wildman–Crippen LogP) is 1.65. The fourth-order valence-corrected chi connectivity index (χ4v) is 2.83. The van der Waals surface area contributed by atoms with Crippen molar-refractivity contribution >= 4 is 17.0 Å². The molecule has 3 heterocycles. The van der Waals surface area contributed by atoms with E-state index in [1.807, 2.05) is 4.57 Å². The van der Waals surface area contributed by atoms with Crippen LogP contribution in [0.3, 0.4) is 0 Å². The minimum Gasteiger partial charge on any atom is -0.468 e. The molecule has 3 rings (SSSR count). The molecule has 2 aromatic heterocycles. The summed E-state index contributed by atoms with van der Waals surface area (Å²) < 4.78 is 24.0. The SMILES string of the molecule is CCCCOc1nc(N)c2nc(OC)n(CCOCC3CCOC3)c2n1. The fourth-order valence-electron chi connectivity index (χ4n) is 2.83. The van der Waals surface area contributed by atoms with Gasteiger partial charge in [0.2, 0.25) is 0 Å². The topological polar surface area (TPSA) is 107 Å². The first-order chi connectivity index (χ1) is 12.7. The van der Waals surface area contributed by atoms with Crippen molar-refractivity contribution in [3.05, 3.63) is 0 Å². The Kier molecular flexibility index (Phi) is 6.45. The lowest BCUT2D eigenvalue weighted by atomic mass is 10.1. The first kappa shape index (κ1) is 18.7. The molecule has 1 unspecified atom stereocenters. The molecule has 0 radical (unpaired) electrons. The molecule has 0 saturated carbocycles. The standard InChI is InChI=1S/C17H27N5O4/c1-3-4-7-26-16-20-14(18)13-15(21-16)22(17(19-13)23-2)6-9-25-11-12-5-8-24-10-12/h12H,3-11H2,1-2H3,(H2,18,20,21). The smallest absolute Gasteiger partial charge is 0.320 e. The van der Waals surface area contributed by atoms with Crippen LogP contribution in [0, 0.1) is 5.92 Å². The Morgan fingerprint density at radius 3 is 2.88 bits per heavy atom. The number of nitrogens with zero attached hydrogens (tertiary/aromatic N) is 4. The number of rotatable bonds is 10. The van der Waals surface area contributed by atoms with E-state index in [1.165, 1.54) is 0 Å². The quantitative estimate of drug-likeness (QED) is 0.634. The van der Waals surface area contributed by atoms with E-state index >= 15 is 0 Å². The van der Waals surface area contributed by atoms with Crippen LogP contribution in [-0.4, -0.2) is 59.7 Å². The first-order valence-electron chi connectivity index (χ1n) is 9.09. The average molecular weight is 365 g/mol. The predicted molar refractivity (Wildman–Crippen MR) is 96.4 cm³/mol. The van der Waals surface area contributed by atoms with Crippen LogP contribution < -0.4 is 15.2 Å². The molecule has 1 fully saturated rings. The van der Waals surface area contributed by atoms with Crippen LogP contribution in [0.4, 0.5) is 5.82 Å². The zero-order chi connectivity index (χ0) is 18.4. The van der Waals surface area contributed by atoms with Crippen LogP contribution in [0.1, 0.15) is 26.2 Å². The number of anilines is 1. The molecular weight excluding hydrogens is 338 g/mol. The monoisotopic (exact) mass is 365 g/mol. The van der Waals surface area contributed by atoms with Crippen molar-refractivity contribution in [1.82, 2.24) is 19.5 Å². The van der Waals surface area contributed by atoms with Gasteiger partial charge in [0.25, 0.3) is 6.01 Å². The Balaban J connectivity index is 1.71. The van der Waals surface area contributed by atoms with Crippen molar-refractivity contribution in [1.29, 1.82) is 0 Å². The van der Waals surface area contributed by atoms with E-state index in [1.54, 1.807) is 7.11 Å². The number of imidazole rings is 1. The molecule has 0 amide bonds. The Labute approximate surface area is 152 Å². The molecule has 0 aliphatic carbocycles. The molecule has 26 heavy (non-hydrogen) atoms. The van der Waals surface area contributed by atoms with Gasteiger partial charge in [0, 0.05) is 12.5 Å². The lowest BCUT2D eigenvalue weighted by molar-refractivity contribution is 0.0839. The third-order valence-corrected chi connectivity index (χ3v) is 4.31. The third kappa shape index (κ3) is 4.34. The Bertz CT molecular complexity index is 715. The summed E-state index contributed by atoms with van der Waals surface area (Å²) in [6.45, 7) is 6.02. The van der Waals surface area contributed by atoms with Crippen LogP contribution in [0.5, 0.6) is 12.0 Å². The summed E-state index contributed by atoms with van der Waals surface area (Å²) in [5, 5.41) is 0. The number of nitrogen functional groups attached to an aromatic ring is 1. The summed E-state index contributed by atoms with van der Waals surface area (Å²) in [7, 11) is 1.57. The molecule has 144 valence electrons. The van der Waals surface area contributed by atoms with Crippen molar-refractivity contribution in [2.24, 2.45) is 5.92 Å². The third-order valence-electron chi connectivity index (χ3n) is 4.31. The summed E-state index contributed by atoms with van der Waals surface area (Å²) >= 11 is 0. The minimum absolute atomic E-state index is 0.260. The summed E-state index contributed by atoms with van der Waals surface area (Å²) in [6.07, 6.45) is 3.02. The molecule has 1 atom stereocenters. The second-order valence-corrected chi connectivity index (χ2v) is 6.32. The summed E-state index contributed by atoms with van der Waals surface area (Å²) in [6, 6.07) is 0.691. The number of unbranched alkanes of at least 4 members (excludes halogenated alkanes) is 1. The van der Waals surface area contributed by atoms with Gasteiger partial charge >= 0.3 is 6.01 Å². The molecule has 0 bridgehead atoms. The fraction of sp³-hybridized carbons (Fsp3) is 0.706. The number of methoxy groups -OCH3 is 1. The number of ether oxygens (including phenoxy) is 4.